The van der Waals surface area contributed by atoms with E-state index in [9.17, 15) is 0 Å². The van der Waals surface area contributed by atoms with Gasteiger partial charge in [-0.2, -0.15) is 0 Å². The lowest BCUT2D eigenvalue weighted by molar-refractivity contribution is 0.360. The summed E-state index contributed by atoms with van der Waals surface area (Å²) in [7, 11) is 2.06. The molecule has 0 saturated carbocycles. The second-order valence-electron chi connectivity index (χ2n) is 5.80. The highest BCUT2D eigenvalue weighted by Gasteiger charge is 2.03. The average Bonchev–Trinajstić information content (AvgIpc) is 2.62. The summed E-state index contributed by atoms with van der Waals surface area (Å²) in [5.41, 5.74) is 3.21. The average molecular weight is 398 g/mol. The highest BCUT2D eigenvalue weighted by atomic mass is 79.9. The number of likely N-dealkylation sites (N-methyl/N-ethyl adjacent to an activating group) is 1. The van der Waals surface area contributed by atoms with E-state index in [1.165, 1.54) is 0 Å². The highest BCUT2D eigenvalue weighted by Crippen LogP contribution is 2.24. The van der Waals surface area contributed by atoms with Gasteiger partial charge in [-0.3, -0.25) is 4.90 Å². The van der Waals surface area contributed by atoms with Crippen molar-refractivity contribution >= 4 is 21.5 Å². The summed E-state index contributed by atoms with van der Waals surface area (Å²) in [6, 6.07) is 16.2. The largest absolute Gasteiger partial charge is 0.490 e. The van der Waals surface area contributed by atoms with Gasteiger partial charge in [-0.15, -0.1) is 6.58 Å². The fourth-order valence-corrected chi connectivity index (χ4v) is 2.60. The van der Waals surface area contributed by atoms with Gasteiger partial charge in [-0.05, 0) is 48.0 Å². The van der Waals surface area contributed by atoms with Gasteiger partial charge in [0.2, 0.25) is 0 Å². The van der Waals surface area contributed by atoms with Gasteiger partial charge in [0, 0.05) is 17.6 Å². The molecule has 0 atom stereocenters. The van der Waals surface area contributed by atoms with E-state index in [1.54, 1.807) is 0 Å². The molecule has 2 aromatic carbocycles. The minimum absolute atomic E-state index is 0.564. The summed E-state index contributed by atoms with van der Waals surface area (Å²) in [5.74, 6) is 0.858. The quantitative estimate of drug-likeness (QED) is 0.513. The third kappa shape index (κ3) is 6.37. The Hall–Kier alpha value is -2.10. The van der Waals surface area contributed by atoms with Crippen LogP contribution in [0.4, 0.5) is 0 Å². The van der Waals surface area contributed by atoms with Gasteiger partial charge in [0.1, 0.15) is 12.4 Å². The monoisotopic (exact) mass is 397 g/mol. The zero-order valence-corrected chi connectivity index (χ0v) is 16.2. The molecule has 0 aliphatic carbocycles. The van der Waals surface area contributed by atoms with E-state index in [1.807, 2.05) is 48.6 Å². The van der Waals surface area contributed by atoms with E-state index < -0.39 is 0 Å². The summed E-state index contributed by atoms with van der Waals surface area (Å²) in [6.45, 7) is 10.3. The number of benzene rings is 2. The highest BCUT2D eigenvalue weighted by molar-refractivity contribution is 9.10. The molecule has 0 aliphatic heterocycles. The SMILES string of the molecule is C=CCN(C)C/C=C/COc1ccc(C(=C)c2ccc(Br)cc2)cc1. The van der Waals surface area contributed by atoms with Crippen LogP contribution in [0.1, 0.15) is 11.1 Å². The number of nitrogens with zero attached hydrogens (tertiary/aromatic N) is 1. The predicted octanol–water partition coefficient (Wildman–Crippen LogP) is 5.56. The molecule has 0 spiro atoms. The molecule has 0 N–H and O–H groups in total. The van der Waals surface area contributed by atoms with Crippen LogP contribution < -0.4 is 4.74 Å². The minimum atomic E-state index is 0.564. The van der Waals surface area contributed by atoms with Gasteiger partial charge in [-0.1, -0.05) is 65.0 Å². The van der Waals surface area contributed by atoms with Crippen molar-refractivity contribution < 1.29 is 4.74 Å². The van der Waals surface area contributed by atoms with E-state index in [0.29, 0.717) is 6.61 Å². The predicted molar refractivity (Wildman–Crippen MR) is 111 cm³/mol. The number of hydrogen-bond acceptors (Lipinski definition) is 2. The van der Waals surface area contributed by atoms with Crippen LogP contribution in [0.15, 0.2) is 84.4 Å². The van der Waals surface area contributed by atoms with Crippen molar-refractivity contribution in [1.82, 2.24) is 4.90 Å². The molecule has 130 valence electrons. The maximum atomic E-state index is 5.74. The van der Waals surface area contributed by atoms with E-state index in [0.717, 1.165) is 40.0 Å². The first kappa shape index (κ1) is 19.2. The second-order valence-corrected chi connectivity index (χ2v) is 6.72. The van der Waals surface area contributed by atoms with Crippen LogP contribution in [-0.2, 0) is 0 Å². The molecule has 0 aliphatic rings. The number of hydrogen-bond donors (Lipinski definition) is 0. The molecule has 0 aromatic heterocycles. The number of ether oxygens (including phenoxy) is 1. The molecule has 2 rings (SSSR count). The third-order valence-corrected chi connectivity index (χ3v) is 4.29. The number of halogens is 1. The summed E-state index contributed by atoms with van der Waals surface area (Å²) in [6.07, 6.45) is 6.04. The van der Waals surface area contributed by atoms with Crippen LogP contribution in [0.25, 0.3) is 5.57 Å². The zero-order chi connectivity index (χ0) is 18.1. The van der Waals surface area contributed by atoms with Crippen molar-refractivity contribution in [3.05, 3.63) is 95.5 Å². The van der Waals surface area contributed by atoms with E-state index >= 15 is 0 Å². The molecule has 0 amide bonds. The molecule has 3 heteroatoms. The Labute approximate surface area is 159 Å². The topological polar surface area (TPSA) is 12.5 Å². The van der Waals surface area contributed by atoms with Gasteiger partial charge in [-0.25, -0.2) is 0 Å². The Morgan fingerprint density at radius 3 is 2.20 bits per heavy atom. The van der Waals surface area contributed by atoms with Crippen molar-refractivity contribution in [2.75, 3.05) is 26.7 Å². The van der Waals surface area contributed by atoms with Gasteiger partial charge in [0.15, 0.2) is 0 Å². The summed E-state index contributed by atoms with van der Waals surface area (Å²) in [4.78, 5) is 2.17. The summed E-state index contributed by atoms with van der Waals surface area (Å²) < 4.78 is 6.81. The smallest absolute Gasteiger partial charge is 0.119 e. The van der Waals surface area contributed by atoms with Gasteiger partial charge in [0.05, 0.1) is 0 Å². The van der Waals surface area contributed by atoms with E-state index in [4.69, 9.17) is 4.74 Å². The van der Waals surface area contributed by atoms with Crippen molar-refractivity contribution in [3.63, 3.8) is 0 Å². The molecule has 0 radical (unpaired) electrons. The van der Waals surface area contributed by atoms with Crippen LogP contribution in [0, 0.1) is 0 Å². The van der Waals surface area contributed by atoms with E-state index in [-0.39, 0.29) is 0 Å². The minimum Gasteiger partial charge on any atom is -0.490 e. The maximum Gasteiger partial charge on any atom is 0.119 e. The van der Waals surface area contributed by atoms with Crippen LogP contribution in [0.5, 0.6) is 5.75 Å². The first-order chi connectivity index (χ1) is 12.1. The molecular formula is C22H24BrNO. The van der Waals surface area contributed by atoms with Crippen molar-refractivity contribution in [3.8, 4) is 5.75 Å². The lowest BCUT2D eigenvalue weighted by Gasteiger charge is -2.10. The molecule has 0 unspecified atom stereocenters. The van der Waals surface area contributed by atoms with Crippen molar-refractivity contribution in [2.24, 2.45) is 0 Å². The fourth-order valence-electron chi connectivity index (χ4n) is 2.33. The zero-order valence-electron chi connectivity index (χ0n) is 14.6. The standard InChI is InChI=1S/C22H24BrNO/c1-4-15-24(3)16-5-6-17-25-22-13-9-20(10-14-22)18(2)19-7-11-21(23)12-8-19/h4-14H,1-2,15-17H2,3H3/b6-5+. The Morgan fingerprint density at radius 1 is 1.00 bits per heavy atom. The van der Waals surface area contributed by atoms with Gasteiger partial charge < -0.3 is 4.74 Å². The van der Waals surface area contributed by atoms with Crippen LogP contribution in [0.3, 0.4) is 0 Å². The van der Waals surface area contributed by atoms with Gasteiger partial charge in [0.25, 0.3) is 0 Å². The molecular weight excluding hydrogens is 374 g/mol. The Balaban J connectivity index is 1.85. The van der Waals surface area contributed by atoms with E-state index in [2.05, 4.69) is 59.2 Å². The lowest BCUT2D eigenvalue weighted by atomic mass is 10.00. The first-order valence-corrected chi connectivity index (χ1v) is 9.02. The molecule has 2 aromatic rings. The Bertz CT molecular complexity index is 717. The van der Waals surface area contributed by atoms with Crippen molar-refractivity contribution in [2.45, 2.75) is 0 Å². The molecule has 2 nitrogen and oxygen atoms in total. The molecule has 0 heterocycles. The third-order valence-electron chi connectivity index (χ3n) is 3.77. The Kier molecular flexibility index (Phi) is 7.71. The van der Waals surface area contributed by atoms with Crippen LogP contribution >= 0.6 is 15.9 Å². The lowest BCUT2D eigenvalue weighted by Crippen LogP contribution is -2.17. The van der Waals surface area contributed by atoms with Crippen LogP contribution in [0.2, 0.25) is 0 Å². The second kappa shape index (κ2) is 10.0. The summed E-state index contributed by atoms with van der Waals surface area (Å²) >= 11 is 3.45. The fraction of sp³-hybridized carbons (Fsp3) is 0.182. The normalized spacial score (nSPS) is 11.0. The van der Waals surface area contributed by atoms with Gasteiger partial charge >= 0.3 is 0 Å². The van der Waals surface area contributed by atoms with Crippen LogP contribution in [-0.4, -0.2) is 31.6 Å². The Morgan fingerprint density at radius 2 is 1.60 bits per heavy atom. The molecule has 0 fully saturated rings. The molecule has 25 heavy (non-hydrogen) atoms. The number of rotatable bonds is 9. The van der Waals surface area contributed by atoms with Crippen molar-refractivity contribution in [1.29, 1.82) is 0 Å². The maximum absolute atomic E-state index is 5.74. The first-order valence-electron chi connectivity index (χ1n) is 8.22. The molecule has 0 saturated heterocycles. The molecule has 0 bridgehead atoms. The summed E-state index contributed by atoms with van der Waals surface area (Å²) in [5, 5.41) is 0.